The van der Waals surface area contributed by atoms with Crippen LogP contribution in [-0.2, 0) is 28.5 Å². The Labute approximate surface area is 262 Å². The van der Waals surface area contributed by atoms with Gasteiger partial charge < -0.3 is 18.9 Å². The Morgan fingerprint density at radius 2 is 0.587 bits per heavy atom. The number of hydrogen-bond donors (Lipinski definition) is 0. The van der Waals surface area contributed by atoms with Gasteiger partial charge in [-0.1, -0.05) is 72.8 Å². The maximum absolute atomic E-state index is 13.3. The SMILES string of the molecule is O=CN1C(OC(=O)c2ccccc2)C(OC(=O)c2ccccc2)N(C=O)C(OC(=O)c2ccccc2)C1OC(=O)c1ccccc1. The van der Waals surface area contributed by atoms with Crippen LogP contribution in [0.2, 0.25) is 0 Å². The number of benzene rings is 4. The Morgan fingerprint density at radius 3 is 0.761 bits per heavy atom. The molecule has 12 heteroatoms. The first-order chi connectivity index (χ1) is 22.4. The maximum atomic E-state index is 13.3. The van der Waals surface area contributed by atoms with Gasteiger partial charge in [0.05, 0.1) is 22.3 Å². The van der Waals surface area contributed by atoms with Crippen molar-refractivity contribution in [2.24, 2.45) is 0 Å². The van der Waals surface area contributed by atoms with E-state index in [-0.39, 0.29) is 35.1 Å². The molecule has 4 unspecified atom stereocenters. The zero-order chi connectivity index (χ0) is 32.5. The first kappa shape index (κ1) is 31.1. The minimum absolute atomic E-state index is 0.0644. The lowest BCUT2D eigenvalue weighted by Gasteiger charge is -2.49. The third-order valence-electron chi connectivity index (χ3n) is 6.86. The number of esters is 4. The highest BCUT2D eigenvalue weighted by Crippen LogP contribution is 2.31. The van der Waals surface area contributed by atoms with Crippen LogP contribution >= 0.6 is 0 Å². The molecule has 0 radical (unpaired) electrons. The minimum atomic E-state index is -1.87. The number of hydrogen-bond acceptors (Lipinski definition) is 10. The van der Waals surface area contributed by atoms with Crippen LogP contribution in [0.1, 0.15) is 41.4 Å². The molecular weight excluding hydrogens is 596 g/mol. The molecule has 1 heterocycles. The summed E-state index contributed by atoms with van der Waals surface area (Å²) in [5.74, 6) is -3.84. The number of rotatable bonds is 10. The predicted molar refractivity (Wildman–Crippen MR) is 158 cm³/mol. The fourth-order valence-corrected chi connectivity index (χ4v) is 4.60. The zero-order valence-electron chi connectivity index (χ0n) is 24.0. The Kier molecular flexibility index (Phi) is 9.78. The van der Waals surface area contributed by atoms with Crippen LogP contribution in [0.25, 0.3) is 0 Å². The predicted octanol–water partition coefficient (Wildman–Crippen LogP) is 3.65. The molecule has 0 saturated carbocycles. The van der Waals surface area contributed by atoms with Gasteiger partial charge in [0.25, 0.3) is 0 Å². The van der Waals surface area contributed by atoms with Crippen molar-refractivity contribution in [1.29, 1.82) is 0 Å². The van der Waals surface area contributed by atoms with Gasteiger partial charge in [-0.2, -0.15) is 0 Å². The summed E-state index contributed by atoms with van der Waals surface area (Å²) in [6.45, 7) is 0. The van der Waals surface area contributed by atoms with Crippen LogP contribution in [0.3, 0.4) is 0 Å². The van der Waals surface area contributed by atoms with Crippen molar-refractivity contribution in [3.8, 4) is 0 Å². The topological polar surface area (TPSA) is 146 Å². The molecule has 4 aromatic carbocycles. The van der Waals surface area contributed by atoms with Crippen LogP contribution in [0.5, 0.6) is 0 Å². The van der Waals surface area contributed by atoms with Crippen molar-refractivity contribution in [3.63, 3.8) is 0 Å². The molecule has 46 heavy (non-hydrogen) atoms. The number of nitrogens with zero attached hydrogens (tertiary/aromatic N) is 2. The Morgan fingerprint density at radius 1 is 0.391 bits per heavy atom. The Bertz CT molecular complexity index is 1440. The average molecular weight is 623 g/mol. The molecule has 1 fully saturated rings. The number of carbonyl (C=O) groups excluding carboxylic acids is 6. The van der Waals surface area contributed by atoms with Gasteiger partial charge in [0.2, 0.25) is 37.7 Å². The van der Waals surface area contributed by atoms with E-state index in [9.17, 15) is 28.8 Å². The number of amides is 2. The molecule has 1 aliphatic heterocycles. The van der Waals surface area contributed by atoms with Crippen molar-refractivity contribution < 1.29 is 47.7 Å². The molecule has 1 aliphatic rings. The van der Waals surface area contributed by atoms with Gasteiger partial charge in [-0.25, -0.2) is 19.2 Å². The minimum Gasteiger partial charge on any atom is -0.431 e. The van der Waals surface area contributed by atoms with Crippen molar-refractivity contribution in [1.82, 2.24) is 9.80 Å². The largest absolute Gasteiger partial charge is 0.431 e. The highest BCUT2D eigenvalue weighted by Gasteiger charge is 2.55. The van der Waals surface area contributed by atoms with Crippen molar-refractivity contribution in [2.45, 2.75) is 24.9 Å². The summed E-state index contributed by atoms with van der Waals surface area (Å²) in [6.07, 6.45) is -7.15. The second kappa shape index (κ2) is 14.4. The second-order valence-corrected chi connectivity index (χ2v) is 9.75. The molecular formula is C34H26N2O10. The molecule has 5 rings (SSSR count). The van der Waals surface area contributed by atoms with Gasteiger partial charge in [0.15, 0.2) is 0 Å². The lowest BCUT2D eigenvalue weighted by molar-refractivity contribution is -0.271. The van der Waals surface area contributed by atoms with Crippen LogP contribution < -0.4 is 0 Å². The maximum Gasteiger partial charge on any atom is 0.340 e. The molecule has 0 aliphatic carbocycles. The Hall–Kier alpha value is -6.30. The van der Waals surface area contributed by atoms with E-state index in [1.165, 1.54) is 48.5 Å². The lowest BCUT2D eigenvalue weighted by atomic mass is 10.2. The average Bonchev–Trinajstić information content (AvgIpc) is 3.11. The van der Waals surface area contributed by atoms with E-state index in [1.54, 1.807) is 72.8 Å². The fourth-order valence-electron chi connectivity index (χ4n) is 4.60. The summed E-state index contributed by atoms with van der Waals surface area (Å²) >= 11 is 0. The number of ether oxygens (including phenoxy) is 4. The fraction of sp³-hybridized carbons (Fsp3) is 0.118. The molecule has 1 saturated heterocycles. The van der Waals surface area contributed by atoms with Crippen molar-refractivity contribution in [3.05, 3.63) is 144 Å². The van der Waals surface area contributed by atoms with Crippen LogP contribution in [-0.4, -0.2) is 71.4 Å². The smallest absolute Gasteiger partial charge is 0.340 e. The standard InChI is InChI=1S/C34H26N2O10/c37-21-35-27(43-31(39)23-13-5-1-6-14-23)28(44-32(40)24-15-7-2-8-16-24)36(22-38)30(46-34(42)26-19-11-4-12-20-26)29(35)45-33(41)25-17-9-3-10-18-25/h1-22,27-30H. The molecule has 232 valence electrons. The van der Waals surface area contributed by atoms with E-state index in [1.807, 2.05) is 0 Å². The summed E-state index contributed by atoms with van der Waals surface area (Å²) in [4.78, 5) is 80.0. The lowest BCUT2D eigenvalue weighted by Crippen LogP contribution is -2.71. The van der Waals surface area contributed by atoms with E-state index in [0.717, 1.165) is 0 Å². The third kappa shape index (κ3) is 6.91. The van der Waals surface area contributed by atoms with Crippen molar-refractivity contribution in [2.75, 3.05) is 0 Å². The first-order valence-corrected chi connectivity index (χ1v) is 13.9. The summed E-state index contributed by atoms with van der Waals surface area (Å²) < 4.78 is 22.7. The summed E-state index contributed by atoms with van der Waals surface area (Å²) in [6, 6.07) is 30.8. The zero-order valence-corrected chi connectivity index (χ0v) is 24.0. The monoisotopic (exact) mass is 622 g/mol. The summed E-state index contributed by atoms with van der Waals surface area (Å²) in [7, 11) is 0. The molecule has 4 aromatic rings. The van der Waals surface area contributed by atoms with Gasteiger partial charge in [0, 0.05) is 0 Å². The molecule has 4 atom stereocenters. The van der Waals surface area contributed by atoms with E-state index >= 15 is 0 Å². The van der Waals surface area contributed by atoms with Crippen LogP contribution in [0, 0.1) is 0 Å². The van der Waals surface area contributed by atoms with E-state index in [0.29, 0.717) is 9.80 Å². The second-order valence-electron chi connectivity index (χ2n) is 9.75. The van der Waals surface area contributed by atoms with Gasteiger partial charge in [0.1, 0.15) is 0 Å². The normalized spacial score (nSPS) is 18.9. The Balaban J connectivity index is 1.59. The van der Waals surface area contributed by atoms with E-state index in [2.05, 4.69) is 0 Å². The van der Waals surface area contributed by atoms with Gasteiger partial charge in [-0.05, 0) is 48.5 Å². The highest BCUT2D eigenvalue weighted by atomic mass is 16.6. The molecule has 12 nitrogen and oxygen atoms in total. The van der Waals surface area contributed by atoms with Gasteiger partial charge in [-0.3, -0.25) is 19.4 Å². The van der Waals surface area contributed by atoms with Gasteiger partial charge in [-0.15, -0.1) is 0 Å². The number of carbonyl (C=O) groups is 6. The molecule has 0 aromatic heterocycles. The van der Waals surface area contributed by atoms with E-state index in [4.69, 9.17) is 18.9 Å². The molecule has 0 spiro atoms. The molecule has 0 N–H and O–H groups in total. The third-order valence-corrected chi connectivity index (χ3v) is 6.86. The number of piperazine rings is 1. The first-order valence-electron chi connectivity index (χ1n) is 13.9. The van der Waals surface area contributed by atoms with Crippen LogP contribution in [0.15, 0.2) is 121 Å². The quantitative estimate of drug-likeness (QED) is 0.146. The molecule has 2 amide bonds. The van der Waals surface area contributed by atoms with Crippen LogP contribution in [0.4, 0.5) is 0 Å². The highest BCUT2D eigenvalue weighted by molar-refractivity contribution is 5.92. The van der Waals surface area contributed by atoms with E-state index < -0.39 is 48.8 Å². The molecule has 0 bridgehead atoms. The summed E-state index contributed by atoms with van der Waals surface area (Å²) in [5, 5.41) is 0. The van der Waals surface area contributed by atoms with Crippen molar-refractivity contribution >= 4 is 36.7 Å². The summed E-state index contributed by atoms with van der Waals surface area (Å²) in [5.41, 5.74) is 0.258. The van der Waals surface area contributed by atoms with Gasteiger partial charge >= 0.3 is 23.9 Å².